The van der Waals surface area contributed by atoms with E-state index in [4.69, 9.17) is 18.3 Å². The molecule has 0 spiro atoms. The first-order valence-electron chi connectivity index (χ1n) is 12.1. The number of ether oxygens (including phenoxy) is 2. The summed E-state index contributed by atoms with van der Waals surface area (Å²) in [6, 6.07) is 7.05. The zero-order chi connectivity index (χ0) is 27.3. The number of methoxy groups -OCH3 is 1. The Bertz CT molecular complexity index is 1050. The Hall–Kier alpha value is -2.78. The van der Waals surface area contributed by atoms with Crippen LogP contribution in [0.15, 0.2) is 34.8 Å². The molecule has 0 aliphatic rings. The molecule has 0 saturated heterocycles. The number of benzene rings is 1. The molecule has 0 unspecified atom stereocenters. The molecule has 1 atom stereocenters. The molecule has 1 heterocycles. The fourth-order valence-corrected chi connectivity index (χ4v) is 4.07. The van der Waals surface area contributed by atoms with Gasteiger partial charge in [-0.05, 0) is 63.5 Å². The number of carbonyl (C=O) groups is 1. The van der Waals surface area contributed by atoms with Crippen molar-refractivity contribution in [3.8, 4) is 11.7 Å². The highest BCUT2D eigenvalue weighted by molar-refractivity contribution is 6.74. The van der Waals surface area contributed by atoms with Crippen LogP contribution in [0.5, 0.6) is 11.7 Å². The van der Waals surface area contributed by atoms with Crippen molar-refractivity contribution in [1.82, 2.24) is 10.3 Å². The number of hydrogen-bond donors (Lipinski definition) is 2. The number of allylic oxidation sites excluding steroid dienone is 1. The first-order valence-corrected chi connectivity index (χ1v) is 15.1. The quantitative estimate of drug-likeness (QED) is 0.376. The normalized spacial score (nSPS) is 13.9. The third-order valence-electron chi connectivity index (χ3n) is 6.13. The predicted molar refractivity (Wildman–Crippen MR) is 144 cm³/mol. The average molecular weight is 519 g/mol. The fraction of sp³-hybridized carbons (Fsp3) is 0.556. The van der Waals surface area contributed by atoms with Crippen molar-refractivity contribution in [3.63, 3.8) is 0 Å². The fourth-order valence-electron chi connectivity index (χ4n) is 3.04. The molecule has 1 aromatic heterocycles. The number of rotatable bonds is 9. The van der Waals surface area contributed by atoms with Gasteiger partial charge in [0.1, 0.15) is 17.0 Å². The standard InChI is InChI=1S/C27H42N2O6Si/c1-18(23-29-22(24(30)34-23)16-19-11-13-21(32-8)14-12-19)15-20(28-25(31)35-26(2,3)4)17-33-36(9,10)27(5,6)7/h11-15,20,30H,16-17H2,1-10H3,(H,28,31)/b18-15+/t20-/m0/s1. The molecular formula is C27H42N2O6Si. The number of nitrogens with one attached hydrogen (secondary N) is 1. The van der Waals surface area contributed by atoms with Crippen LogP contribution in [0.3, 0.4) is 0 Å². The van der Waals surface area contributed by atoms with E-state index in [9.17, 15) is 9.90 Å². The van der Waals surface area contributed by atoms with Gasteiger partial charge in [0.05, 0.1) is 19.8 Å². The Balaban J connectivity index is 2.24. The molecule has 0 aliphatic carbocycles. The second-order valence-electron chi connectivity index (χ2n) is 11.5. The van der Waals surface area contributed by atoms with Gasteiger partial charge in [-0.3, -0.25) is 0 Å². The van der Waals surface area contributed by atoms with Gasteiger partial charge in [0.2, 0.25) is 5.89 Å². The lowest BCUT2D eigenvalue weighted by Crippen LogP contribution is -2.46. The van der Waals surface area contributed by atoms with Gasteiger partial charge in [-0.1, -0.05) is 39.0 Å². The Morgan fingerprint density at radius 1 is 1.17 bits per heavy atom. The number of nitrogens with zero attached hydrogens (tertiary/aromatic N) is 1. The Kier molecular flexibility index (Phi) is 9.42. The van der Waals surface area contributed by atoms with Gasteiger partial charge in [-0.15, -0.1) is 0 Å². The maximum Gasteiger partial charge on any atom is 0.408 e. The molecule has 9 heteroatoms. The molecule has 2 N–H and O–H groups in total. The summed E-state index contributed by atoms with van der Waals surface area (Å²) in [6.45, 7) is 18.3. The van der Waals surface area contributed by atoms with Crippen molar-refractivity contribution in [2.24, 2.45) is 0 Å². The van der Waals surface area contributed by atoms with E-state index in [-0.39, 0.29) is 23.5 Å². The molecule has 200 valence electrons. The third-order valence-corrected chi connectivity index (χ3v) is 10.6. The predicted octanol–water partition coefficient (Wildman–Crippen LogP) is 6.30. The summed E-state index contributed by atoms with van der Waals surface area (Å²) in [5.41, 5.74) is 1.42. The van der Waals surface area contributed by atoms with Gasteiger partial charge in [0.25, 0.3) is 0 Å². The lowest BCUT2D eigenvalue weighted by Gasteiger charge is -2.37. The molecule has 0 bridgehead atoms. The lowest BCUT2D eigenvalue weighted by atomic mass is 10.1. The van der Waals surface area contributed by atoms with Gasteiger partial charge in [0, 0.05) is 12.0 Å². The van der Waals surface area contributed by atoms with E-state index < -0.39 is 26.1 Å². The first kappa shape index (κ1) is 29.4. The van der Waals surface area contributed by atoms with E-state index in [1.165, 1.54) is 0 Å². The molecule has 1 amide bonds. The van der Waals surface area contributed by atoms with Crippen molar-refractivity contribution in [3.05, 3.63) is 47.5 Å². The van der Waals surface area contributed by atoms with E-state index in [1.54, 1.807) is 7.11 Å². The number of aromatic hydroxyl groups is 1. The molecule has 0 radical (unpaired) electrons. The summed E-state index contributed by atoms with van der Waals surface area (Å²) in [5.74, 6) is 0.799. The molecular weight excluding hydrogens is 476 g/mol. The Morgan fingerprint density at radius 2 is 1.78 bits per heavy atom. The number of oxazole rings is 1. The van der Waals surface area contributed by atoms with Crippen LogP contribution >= 0.6 is 0 Å². The van der Waals surface area contributed by atoms with Crippen LogP contribution < -0.4 is 10.1 Å². The number of alkyl carbamates (subject to hydrolysis) is 1. The van der Waals surface area contributed by atoms with Crippen molar-refractivity contribution in [2.75, 3.05) is 13.7 Å². The monoisotopic (exact) mass is 518 g/mol. The highest BCUT2D eigenvalue weighted by Gasteiger charge is 2.37. The van der Waals surface area contributed by atoms with E-state index >= 15 is 0 Å². The second-order valence-corrected chi connectivity index (χ2v) is 16.3. The van der Waals surface area contributed by atoms with Gasteiger partial charge in [-0.25, -0.2) is 9.78 Å². The topological polar surface area (TPSA) is 103 Å². The highest BCUT2D eigenvalue weighted by Crippen LogP contribution is 2.36. The van der Waals surface area contributed by atoms with E-state index in [2.05, 4.69) is 44.2 Å². The smallest absolute Gasteiger partial charge is 0.408 e. The summed E-state index contributed by atoms with van der Waals surface area (Å²) in [7, 11) is -0.447. The molecule has 0 fully saturated rings. The number of hydrogen-bond acceptors (Lipinski definition) is 7. The molecule has 1 aromatic carbocycles. The van der Waals surface area contributed by atoms with E-state index in [1.807, 2.05) is 58.0 Å². The van der Waals surface area contributed by atoms with Crippen LogP contribution in [-0.2, 0) is 15.6 Å². The summed E-state index contributed by atoms with van der Waals surface area (Å²) in [5, 5.41) is 13.3. The minimum absolute atomic E-state index is 0.0208. The average Bonchev–Trinajstić information content (AvgIpc) is 3.11. The van der Waals surface area contributed by atoms with Gasteiger partial charge >= 0.3 is 12.0 Å². The van der Waals surface area contributed by atoms with Crippen LogP contribution in [0, 0.1) is 0 Å². The number of aromatic nitrogens is 1. The van der Waals surface area contributed by atoms with Gasteiger partial charge in [-0.2, -0.15) is 0 Å². The van der Waals surface area contributed by atoms with Crippen LogP contribution in [0.1, 0.15) is 65.6 Å². The zero-order valence-electron chi connectivity index (χ0n) is 23.3. The number of amides is 1. The minimum Gasteiger partial charge on any atom is -0.497 e. The SMILES string of the molecule is COc1ccc(Cc2nc(/C(C)=C/[C@@H](CO[Si](C)(C)C(C)(C)C)NC(=O)OC(C)(C)C)oc2O)cc1. The first-order chi connectivity index (χ1) is 16.5. The summed E-state index contributed by atoms with van der Waals surface area (Å²) >= 11 is 0. The molecule has 2 rings (SSSR count). The van der Waals surface area contributed by atoms with Crippen LogP contribution in [-0.4, -0.2) is 49.9 Å². The molecule has 2 aromatic rings. The van der Waals surface area contributed by atoms with Crippen molar-refractivity contribution in [1.29, 1.82) is 0 Å². The third kappa shape index (κ3) is 8.71. The second kappa shape index (κ2) is 11.5. The molecule has 0 saturated carbocycles. The molecule has 0 aliphatic heterocycles. The van der Waals surface area contributed by atoms with Crippen molar-refractivity contribution < 1.29 is 28.2 Å². The van der Waals surface area contributed by atoms with Gasteiger partial charge in [0.15, 0.2) is 8.32 Å². The maximum atomic E-state index is 12.5. The van der Waals surface area contributed by atoms with Gasteiger partial charge < -0.3 is 28.7 Å². The summed E-state index contributed by atoms with van der Waals surface area (Å²) < 4.78 is 22.6. The van der Waals surface area contributed by atoms with Crippen LogP contribution in [0.4, 0.5) is 4.79 Å². The molecule has 36 heavy (non-hydrogen) atoms. The molecule has 8 nitrogen and oxygen atoms in total. The van der Waals surface area contributed by atoms with Crippen LogP contribution in [0.2, 0.25) is 18.1 Å². The maximum absolute atomic E-state index is 12.5. The van der Waals surface area contributed by atoms with Crippen molar-refractivity contribution >= 4 is 20.0 Å². The number of carbonyl (C=O) groups excluding carboxylic acids is 1. The van der Waals surface area contributed by atoms with E-state index in [0.29, 0.717) is 17.7 Å². The van der Waals surface area contributed by atoms with Crippen LogP contribution in [0.25, 0.3) is 5.57 Å². The summed E-state index contributed by atoms with van der Waals surface area (Å²) in [4.78, 5) is 17.0. The minimum atomic E-state index is -2.06. The van der Waals surface area contributed by atoms with E-state index in [0.717, 1.165) is 11.3 Å². The zero-order valence-corrected chi connectivity index (χ0v) is 24.3. The summed E-state index contributed by atoms with van der Waals surface area (Å²) in [6.07, 6.45) is 1.69. The lowest BCUT2D eigenvalue weighted by molar-refractivity contribution is 0.0500. The van der Waals surface area contributed by atoms with Crippen molar-refractivity contribution in [2.45, 2.75) is 84.7 Å². The Morgan fingerprint density at radius 3 is 2.31 bits per heavy atom. The highest BCUT2D eigenvalue weighted by atomic mass is 28.4. The largest absolute Gasteiger partial charge is 0.497 e. The Labute approximate surface area is 216 Å².